The molecule has 0 spiro atoms. The Labute approximate surface area is 132 Å². The van der Waals surface area contributed by atoms with Gasteiger partial charge in [0.2, 0.25) is 0 Å². The van der Waals surface area contributed by atoms with Gasteiger partial charge in [-0.05, 0) is 30.7 Å². The predicted octanol–water partition coefficient (Wildman–Crippen LogP) is 2.66. The molecule has 7 heteroatoms. The molecule has 2 aromatic rings. The van der Waals surface area contributed by atoms with Crippen molar-refractivity contribution in [3.63, 3.8) is 0 Å². The smallest absolute Gasteiger partial charge is 0.274 e. The van der Waals surface area contributed by atoms with E-state index in [0.717, 1.165) is 11.3 Å². The van der Waals surface area contributed by atoms with Gasteiger partial charge in [-0.25, -0.2) is 0 Å². The Bertz CT molecular complexity index is 643. The number of carbonyl (C=O) groups excluding carboxylic acids is 1. The van der Waals surface area contributed by atoms with E-state index in [2.05, 4.69) is 10.2 Å². The van der Waals surface area contributed by atoms with Gasteiger partial charge in [0.1, 0.15) is 5.69 Å². The number of aliphatic hydroxyl groups excluding tert-OH is 1. The summed E-state index contributed by atoms with van der Waals surface area (Å²) in [5.74, 6) is -0.250. The molecule has 1 aromatic heterocycles. The predicted molar refractivity (Wildman–Crippen MR) is 81.6 cm³/mol. The summed E-state index contributed by atoms with van der Waals surface area (Å²) in [6.07, 6.45) is 0. The largest absolute Gasteiger partial charge is 0.395 e. The van der Waals surface area contributed by atoms with Crippen molar-refractivity contribution >= 4 is 29.1 Å². The second-order valence-electron chi connectivity index (χ2n) is 4.63. The third kappa shape index (κ3) is 3.97. The van der Waals surface area contributed by atoms with Crippen LogP contribution in [0.2, 0.25) is 10.0 Å². The van der Waals surface area contributed by atoms with E-state index in [1.165, 1.54) is 4.90 Å². The van der Waals surface area contributed by atoms with Crippen molar-refractivity contribution in [3.05, 3.63) is 51.3 Å². The van der Waals surface area contributed by atoms with Crippen LogP contribution in [0.15, 0.2) is 24.3 Å². The number of nitrogens with zero attached hydrogens (tertiary/aromatic N) is 2. The van der Waals surface area contributed by atoms with E-state index >= 15 is 0 Å². The number of benzene rings is 1. The van der Waals surface area contributed by atoms with Crippen molar-refractivity contribution in [2.45, 2.75) is 13.5 Å². The summed E-state index contributed by atoms with van der Waals surface area (Å²) < 4.78 is 0. The number of aromatic nitrogens is 2. The molecule has 0 unspecified atom stereocenters. The van der Waals surface area contributed by atoms with E-state index < -0.39 is 0 Å². The van der Waals surface area contributed by atoms with Crippen LogP contribution in [0.25, 0.3) is 0 Å². The van der Waals surface area contributed by atoms with E-state index in [9.17, 15) is 4.79 Å². The highest BCUT2D eigenvalue weighted by molar-refractivity contribution is 6.42. The maximum atomic E-state index is 12.4. The lowest BCUT2D eigenvalue weighted by molar-refractivity contribution is 0.0702. The molecule has 0 saturated carbocycles. The first-order chi connectivity index (χ1) is 10.0. The van der Waals surface area contributed by atoms with Gasteiger partial charge in [0.05, 0.1) is 16.7 Å². The molecule has 1 heterocycles. The van der Waals surface area contributed by atoms with Gasteiger partial charge in [0, 0.05) is 18.8 Å². The van der Waals surface area contributed by atoms with Gasteiger partial charge >= 0.3 is 0 Å². The Morgan fingerprint density at radius 3 is 2.67 bits per heavy atom. The van der Waals surface area contributed by atoms with Crippen LogP contribution in [0.4, 0.5) is 0 Å². The molecular formula is C14H15Cl2N3O2. The van der Waals surface area contributed by atoms with E-state index in [4.69, 9.17) is 28.3 Å². The molecule has 0 aliphatic rings. The Morgan fingerprint density at radius 1 is 1.33 bits per heavy atom. The van der Waals surface area contributed by atoms with Gasteiger partial charge in [0.15, 0.2) is 0 Å². The van der Waals surface area contributed by atoms with Gasteiger partial charge < -0.3 is 10.0 Å². The van der Waals surface area contributed by atoms with E-state index in [0.29, 0.717) is 22.3 Å². The molecule has 1 amide bonds. The summed E-state index contributed by atoms with van der Waals surface area (Å²) in [5, 5.41) is 16.7. The lowest BCUT2D eigenvalue weighted by Gasteiger charge is -2.21. The minimum Gasteiger partial charge on any atom is -0.395 e. The van der Waals surface area contributed by atoms with Crippen LogP contribution in [0.1, 0.15) is 21.7 Å². The molecule has 0 aliphatic heterocycles. The lowest BCUT2D eigenvalue weighted by Crippen LogP contribution is -2.33. The lowest BCUT2D eigenvalue weighted by atomic mass is 10.2. The number of halogens is 2. The van der Waals surface area contributed by atoms with E-state index in [1.54, 1.807) is 24.3 Å². The number of hydrogen-bond donors (Lipinski definition) is 2. The van der Waals surface area contributed by atoms with Crippen molar-refractivity contribution in [3.8, 4) is 0 Å². The van der Waals surface area contributed by atoms with Crippen molar-refractivity contribution in [2.75, 3.05) is 13.2 Å². The minimum absolute atomic E-state index is 0.129. The van der Waals surface area contributed by atoms with Crippen LogP contribution in [0, 0.1) is 6.92 Å². The number of aromatic amines is 1. The molecular weight excluding hydrogens is 313 g/mol. The summed E-state index contributed by atoms with van der Waals surface area (Å²) in [5.41, 5.74) is 1.95. The summed E-state index contributed by atoms with van der Waals surface area (Å²) >= 11 is 11.8. The van der Waals surface area contributed by atoms with Crippen LogP contribution in [0.3, 0.4) is 0 Å². The first kappa shape index (κ1) is 15.8. The standard InChI is InChI=1S/C14H15Cl2N3O2/c1-9-6-13(18-17-9)14(21)19(4-5-20)8-10-2-3-11(15)12(16)7-10/h2-3,6-7,20H,4-5,8H2,1H3,(H,17,18). The zero-order valence-corrected chi connectivity index (χ0v) is 12.9. The molecule has 0 aliphatic carbocycles. The van der Waals surface area contributed by atoms with Crippen LogP contribution < -0.4 is 0 Å². The van der Waals surface area contributed by atoms with Gasteiger partial charge in [-0.15, -0.1) is 0 Å². The number of hydrogen-bond acceptors (Lipinski definition) is 3. The quantitative estimate of drug-likeness (QED) is 0.887. The van der Waals surface area contributed by atoms with E-state index in [-0.39, 0.29) is 19.1 Å². The maximum Gasteiger partial charge on any atom is 0.274 e. The molecule has 1 aromatic carbocycles. The number of amides is 1. The summed E-state index contributed by atoms with van der Waals surface area (Å²) in [4.78, 5) is 13.9. The number of nitrogens with one attached hydrogen (secondary N) is 1. The number of aryl methyl sites for hydroxylation is 1. The Balaban J connectivity index is 2.18. The summed E-state index contributed by atoms with van der Waals surface area (Å²) in [7, 11) is 0. The SMILES string of the molecule is Cc1cc(C(=O)N(CCO)Cc2ccc(Cl)c(Cl)c2)n[nH]1. The average molecular weight is 328 g/mol. The second-order valence-corrected chi connectivity index (χ2v) is 5.45. The normalized spacial score (nSPS) is 10.7. The van der Waals surface area contributed by atoms with Crippen molar-refractivity contribution < 1.29 is 9.90 Å². The number of rotatable bonds is 5. The summed E-state index contributed by atoms with van der Waals surface area (Å²) in [6.45, 7) is 2.22. The fraction of sp³-hybridized carbons (Fsp3) is 0.286. The Morgan fingerprint density at radius 2 is 2.10 bits per heavy atom. The number of H-pyrrole nitrogens is 1. The van der Waals surface area contributed by atoms with Crippen molar-refractivity contribution in [1.82, 2.24) is 15.1 Å². The van der Waals surface area contributed by atoms with Gasteiger partial charge in [-0.2, -0.15) is 5.10 Å². The Kier molecular flexibility index (Phi) is 5.22. The minimum atomic E-state index is -0.250. The molecule has 112 valence electrons. The summed E-state index contributed by atoms with van der Waals surface area (Å²) in [6, 6.07) is 6.85. The zero-order valence-electron chi connectivity index (χ0n) is 11.4. The first-order valence-electron chi connectivity index (χ1n) is 6.37. The molecule has 0 fully saturated rings. The van der Waals surface area contributed by atoms with E-state index in [1.807, 2.05) is 6.92 Å². The number of aliphatic hydroxyl groups is 1. The van der Waals surface area contributed by atoms with Gasteiger partial charge in [-0.1, -0.05) is 29.3 Å². The van der Waals surface area contributed by atoms with Gasteiger partial charge in [0.25, 0.3) is 5.91 Å². The third-order valence-electron chi connectivity index (χ3n) is 2.94. The van der Waals surface area contributed by atoms with Crippen LogP contribution >= 0.6 is 23.2 Å². The monoisotopic (exact) mass is 327 g/mol. The van der Waals surface area contributed by atoms with Crippen molar-refractivity contribution in [2.24, 2.45) is 0 Å². The second kappa shape index (κ2) is 6.93. The highest BCUT2D eigenvalue weighted by Crippen LogP contribution is 2.23. The highest BCUT2D eigenvalue weighted by Gasteiger charge is 2.18. The first-order valence-corrected chi connectivity index (χ1v) is 7.13. The third-order valence-corrected chi connectivity index (χ3v) is 3.68. The number of carbonyl (C=O) groups is 1. The topological polar surface area (TPSA) is 69.2 Å². The Hall–Kier alpha value is -1.56. The van der Waals surface area contributed by atoms with Crippen LogP contribution in [0.5, 0.6) is 0 Å². The molecule has 5 nitrogen and oxygen atoms in total. The molecule has 21 heavy (non-hydrogen) atoms. The fourth-order valence-electron chi connectivity index (χ4n) is 1.92. The van der Waals surface area contributed by atoms with Crippen LogP contribution in [-0.2, 0) is 6.54 Å². The van der Waals surface area contributed by atoms with Gasteiger partial charge in [-0.3, -0.25) is 9.89 Å². The molecule has 2 N–H and O–H groups in total. The molecule has 0 radical (unpaired) electrons. The zero-order chi connectivity index (χ0) is 15.4. The average Bonchev–Trinajstić information content (AvgIpc) is 2.88. The highest BCUT2D eigenvalue weighted by atomic mass is 35.5. The van der Waals surface area contributed by atoms with Crippen molar-refractivity contribution in [1.29, 1.82) is 0 Å². The fourth-order valence-corrected chi connectivity index (χ4v) is 2.24. The maximum absolute atomic E-state index is 12.4. The molecule has 0 saturated heterocycles. The molecule has 2 rings (SSSR count). The molecule has 0 atom stereocenters. The van der Waals surface area contributed by atoms with Crippen LogP contribution in [-0.4, -0.2) is 39.3 Å². The molecule has 0 bridgehead atoms.